The number of nitrogens with zero attached hydrogens (tertiary/aromatic N) is 1. The number of anilines is 1. The van der Waals surface area contributed by atoms with Gasteiger partial charge in [0.15, 0.2) is 0 Å². The highest BCUT2D eigenvalue weighted by Crippen LogP contribution is 2.19. The fourth-order valence-corrected chi connectivity index (χ4v) is 2.01. The molecule has 2 N–H and O–H groups in total. The molecule has 1 aromatic heterocycles. The third-order valence-corrected chi connectivity index (χ3v) is 3.21. The Hall–Kier alpha value is -3.00. The zero-order valence-electron chi connectivity index (χ0n) is 12.5. The van der Waals surface area contributed by atoms with E-state index in [-0.39, 0.29) is 12.1 Å². The average molecular weight is 295 g/mol. The zero-order valence-corrected chi connectivity index (χ0v) is 12.5. The van der Waals surface area contributed by atoms with Gasteiger partial charge >= 0.3 is 0 Å². The maximum absolute atomic E-state index is 12.0. The van der Waals surface area contributed by atoms with Crippen molar-refractivity contribution in [2.75, 3.05) is 5.32 Å². The number of hydrogen-bond donors (Lipinski definition) is 2. The van der Waals surface area contributed by atoms with Gasteiger partial charge in [0, 0.05) is 11.9 Å². The number of carbonyl (C=O) groups is 1. The number of benzene rings is 1. The van der Waals surface area contributed by atoms with Crippen molar-refractivity contribution >= 4 is 11.6 Å². The summed E-state index contributed by atoms with van der Waals surface area (Å²) in [6, 6.07) is 11.3. The maximum atomic E-state index is 12.0. The summed E-state index contributed by atoms with van der Waals surface area (Å²) in [5.41, 5.74) is 3.00. The predicted octanol–water partition coefficient (Wildman–Crippen LogP) is 3.03. The van der Waals surface area contributed by atoms with E-state index < -0.39 is 5.91 Å². The standard InChI is InChI=1S/C17H17N3O2/c1-12-5-3-6-13(2)16(12)19-10-14(9-18)17(21)20-11-15-7-4-8-22-15/h3-8,10,19H,11H2,1-2H3,(H,20,21)/b14-10-. The molecular weight excluding hydrogens is 278 g/mol. The maximum Gasteiger partial charge on any atom is 0.263 e. The molecule has 0 aliphatic carbocycles. The van der Waals surface area contributed by atoms with E-state index in [9.17, 15) is 4.79 Å². The summed E-state index contributed by atoms with van der Waals surface area (Å²) in [5.74, 6) is 0.186. The molecule has 0 saturated carbocycles. The quantitative estimate of drug-likeness (QED) is 0.656. The molecule has 0 radical (unpaired) electrons. The number of hydrogen-bond acceptors (Lipinski definition) is 4. The molecule has 1 amide bonds. The SMILES string of the molecule is Cc1cccc(C)c1N/C=C(/C#N)C(=O)NCc1ccco1. The lowest BCUT2D eigenvalue weighted by atomic mass is 10.1. The number of carbonyl (C=O) groups excluding carboxylic acids is 1. The van der Waals surface area contributed by atoms with Crippen LogP contribution in [0.4, 0.5) is 5.69 Å². The monoisotopic (exact) mass is 295 g/mol. The first-order chi connectivity index (χ1) is 10.6. The third-order valence-electron chi connectivity index (χ3n) is 3.21. The average Bonchev–Trinajstić information content (AvgIpc) is 3.01. The van der Waals surface area contributed by atoms with E-state index >= 15 is 0 Å². The topological polar surface area (TPSA) is 78.1 Å². The van der Waals surface area contributed by atoms with E-state index in [0.717, 1.165) is 16.8 Å². The first-order valence-electron chi connectivity index (χ1n) is 6.85. The Morgan fingerprint density at radius 3 is 2.59 bits per heavy atom. The second kappa shape index (κ2) is 7.14. The second-order valence-corrected chi connectivity index (χ2v) is 4.84. The van der Waals surface area contributed by atoms with Gasteiger partial charge in [-0.1, -0.05) is 18.2 Å². The van der Waals surface area contributed by atoms with Crippen LogP contribution in [0, 0.1) is 25.2 Å². The zero-order chi connectivity index (χ0) is 15.9. The van der Waals surface area contributed by atoms with Gasteiger partial charge in [-0.25, -0.2) is 0 Å². The highest BCUT2D eigenvalue weighted by molar-refractivity contribution is 5.97. The minimum absolute atomic E-state index is 0.00853. The molecule has 5 heteroatoms. The highest BCUT2D eigenvalue weighted by Gasteiger charge is 2.09. The van der Waals surface area contributed by atoms with Crippen LogP contribution in [0.1, 0.15) is 16.9 Å². The molecule has 0 spiro atoms. The molecule has 0 saturated heterocycles. The van der Waals surface area contributed by atoms with Gasteiger partial charge in [-0.3, -0.25) is 4.79 Å². The minimum atomic E-state index is -0.447. The summed E-state index contributed by atoms with van der Waals surface area (Å²) in [6.45, 7) is 4.17. The van der Waals surface area contributed by atoms with Crippen LogP contribution in [-0.4, -0.2) is 5.91 Å². The van der Waals surface area contributed by atoms with Crippen LogP contribution in [0.5, 0.6) is 0 Å². The van der Waals surface area contributed by atoms with E-state index in [1.54, 1.807) is 12.1 Å². The van der Waals surface area contributed by atoms with Crippen LogP contribution in [0.25, 0.3) is 0 Å². The van der Waals surface area contributed by atoms with E-state index in [4.69, 9.17) is 9.68 Å². The number of furan rings is 1. The van der Waals surface area contributed by atoms with Crippen molar-refractivity contribution in [3.05, 3.63) is 65.3 Å². The van der Waals surface area contributed by atoms with E-state index in [0.29, 0.717) is 5.76 Å². The van der Waals surface area contributed by atoms with Crippen molar-refractivity contribution in [2.24, 2.45) is 0 Å². The van der Waals surface area contributed by atoms with Gasteiger partial charge in [0.2, 0.25) is 0 Å². The summed E-state index contributed by atoms with van der Waals surface area (Å²) in [4.78, 5) is 12.0. The molecule has 0 bridgehead atoms. The summed E-state index contributed by atoms with van der Waals surface area (Å²) < 4.78 is 5.13. The minimum Gasteiger partial charge on any atom is -0.467 e. The van der Waals surface area contributed by atoms with Crippen LogP contribution < -0.4 is 10.6 Å². The number of rotatable bonds is 5. The van der Waals surface area contributed by atoms with Crippen molar-refractivity contribution < 1.29 is 9.21 Å². The molecule has 0 aliphatic heterocycles. The van der Waals surface area contributed by atoms with Crippen LogP contribution >= 0.6 is 0 Å². The number of amides is 1. The Balaban J connectivity index is 2.04. The largest absolute Gasteiger partial charge is 0.467 e. The lowest BCUT2D eigenvalue weighted by Gasteiger charge is -2.09. The van der Waals surface area contributed by atoms with Crippen LogP contribution in [0.15, 0.2) is 52.8 Å². The number of para-hydroxylation sites is 1. The van der Waals surface area contributed by atoms with Gasteiger partial charge in [0.05, 0.1) is 12.8 Å². The Bertz CT molecular complexity index is 705. The molecule has 5 nitrogen and oxygen atoms in total. The van der Waals surface area contributed by atoms with Crippen LogP contribution in [-0.2, 0) is 11.3 Å². The Kier molecular flexibility index (Phi) is 4.99. The van der Waals surface area contributed by atoms with Gasteiger partial charge in [-0.2, -0.15) is 5.26 Å². The molecule has 0 unspecified atom stereocenters. The number of aryl methyl sites for hydroxylation is 2. The molecule has 2 rings (SSSR count). The Labute approximate surface area is 129 Å². The molecule has 0 aliphatic rings. The summed E-state index contributed by atoms with van der Waals surface area (Å²) in [6.07, 6.45) is 2.96. The molecule has 0 fully saturated rings. The summed E-state index contributed by atoms with van der Waals surface area (Å²) in [7, 11) is 0. The molecule has 112 valence electrons. The van der Waals surface area contributed by atoms with Crippen molar-refractivity contribution in [1.82, 2.24) is 5.32 Å². The Morgan fingerprint density at radius 2 is 2.00 bits per heavy atom. The smallest absolute Gasteiger partial charge is 0.263 e. The van der Waals surface area contributed by atoms with Crippen LogP contribution in [0.3, 0.4) is 0 Å². The normalized spacial score (nSPS) is 10.9. The van der Waals surface area contributed by atoms with Crippen molar-refractivity contribution in [3.63, 3.8) is 0 Å². The van der Waals surface area contributed by atoms with Crippen LogP contribution in [0.2, 0.25) is 0 Å². The van der Waals surface area contributed by atoms with Gasteiger partial charge in [-0.05, 0) is 37.1 Å². The van der Waals surface area contributed by atoms with E-state index in [2.05, 4.69) is 10.6 Å². The summed E-state index contributed by atoms with van der Waals surface area (Å²) in [5, 5.41) is 14.8. The van der Waals surface area contributed by atoms with Gasteiger partial charge < -0.3 is 15.1 Å². The van der Waals surface area contributed by atoms with Gasteiger partial charge in [0.25, 0.3) is 5.91 Å². The third kappa shape index (κ3) is 3.76. The lowest BCUT2D eigenvalue weighted by molar-refractivity contribution is -0.117. The second-order valence-electron chi connectivity index (χ2n) is 4.84. The lowest BCUT2D eigenvalue weighted by Crippen LogP contribution is -2.24. The molecular formula is C17H17N3O2. The number of nitriles is 1. The molecule has 2 aromatic rings. The highest BCUT2D eigenvalue weighted by atomic mass is 16.3. The molecule has 22 heavy (non-hydrogen) atoms. The molecule has 1 heterocycles. The fraction of sp³-hybridized carbons (Fsp3) is 0.176. The first-order valence-corrected chi connectivity index (χ1v) is 6.85. The van der Waals surface area contributed by atoms with Gasteiger partial charge in [0.1, 0.15) is 17.4 Å². The fourth-order valence-electron chi connectivity index (χ4n) is 2.01. The van der Waals surface area contributed by atoms with E-state index in [1.807, 2.05) is 38.1 Å². The van der Waals surface area contributed by atoms with Gasteiger partial charge in [-0.15, -0.1) is 0 Å². The first kappa shape index (κ1) is 15.4. The number of nitrogens with one attached hydrogen (secondary N) is 2. The Morgan fingerprint density at radius 1 is 1.27 bits per heavy atom. The van der Waals surface area contributed by atoms with Crippen molar-refractivity contribution in [2.45, 2.75) is 20.4 Å². The predicted molar refractivity (Wildman–Crippen MR) is 83.8 cm³/mol. The molecule has 1 aromatic carbocycles. The summed E-state index contributed by atoms with van der Waals surface area (Å²) >= 11 is 0. The van der Waals surface area contributed by atoms with Crippen molar-refractivity contribution in [1.29, 1.82) is 5.26 Å². The molecule has 0 atom stereocenters. The van der Waals surface area contributed by atoms with E-state index in [1.165, 1.54) is 12.5 Å². The van der Waals surface area contributed by atoms with Crippen molar-refractivity contribution in [3.8, 4) is 6.07 Å².